The van der Waals surface area contributed by atoms with Gasteiger partial charge in [0, 0.05) is 18.6 Å². The van der Waals surface area contributed by atoms with E-state index in [1.165, 1.54) is 18.2 Å². The normalized spacial score (nSPS) is 21.7. The molecule has 0 radical (unpaired) electrons. The Hall–Kier alpha value is -1.82. The molecular weight excluding hydrogens is 305 g/mol. The lowest BCUT2D eigenvalue weighted by molar-refractivity contribution is -0.137. The van der Waals surface area contributed by atoms with Gasteiger partial charge in [0.25, 0.3) is 0 Å². The Morgan fingerprint density at radius 3 is 2.48 bits per heavy atom. The van der Waals surface area contributed by atoms with E-state index < -0.39 is 11.7 Å². The standard InChI is InChI=1S/C17H21F3N2O/c1-2-16(23)22-15-8-6-14(7-9-15)21-11-12-4-3-5-13(10-12)17(18,19)20/h2-5,10,14-15,21H,1,6-9,11H2,(H,22,23). The van der Waals surface area contributed by atoms with E-state index in [0.717, 1.165) is 31.7 Å². The molecule has 0 bridgehead atoms. The van der Waals surface area contributed by atoms with E-state index in [2.05, 4.69) is 17.2 Å². The number of hydrogen-bond donors (Lipinski definition) is 2. The molecule has 1 fully saturated rings. The lowest BCUT2D eigenvalue weighted by atomic mass is 9.91. The summed E-state index contributed by atoms with van der Waals surface area (Å²) < 4.78 is 38.0. The van der Waals surface area contributed by atoms with Crippen molar-refractivity contribution in [3.63, 3.8) is 0 Å². The summed E-state index contributed by atoms with van der Waals surface area (Å²) in [7, 11) is 0. The minimum absolute atomic E-state index is 0.159. The molecule has 0 aromatic heterocycles. The predicted molar refractivity (Wildman–Crippen MR) is 82.7 cm³/mol. The molecule has 1 aliphatic rings. The maximum Gasteiger partial charge on any atom is 0.416 e. The van der Waals surface area contributed by atoms with E-state index in [0.29, 0.717) is 12.1 Å². The van der Waals surface area contributed by atoms with Crippen LogP contribution in [0.3, 0.4) is 0 Å². The molecular formula is C17H21F3N2O. The van der Waals surface area contributed by atoms with Crippen molar-refractivity contribution in [2.75, 3.05) is 0 Å². The average molecular weight is 326 g/mol. The molecule has 0 saturated heterocycles. The Kier molecular flexibility index (Phi) is 5.82. The van der Waals surface area contributed by atoms with Gasteiger partial charge in [-0.05, 0) is 43.4 Å². The number of rotatable bonds is 5. The molecule has 3 nitrogen and oxygen atoms in total. The van der Waals surface area contributed by atoms with Gasteiger partial charge >= 0.3 is 6.18 Å². The van der Waals surface area contributed by atoms with Crippen molar-refractivity contribution in [3.8, 4) is 0 Å². The van der Waals surface area contributed by atoms with Crippen molar-refractivity contribution in [3.05, 3.63) is 48.0 Å². The van der Waals surface area contributed by atoms with Gasteiger partial charge in [-0.2, -0.15) is 13.2 Å². The fraction of sp³-hybridized carbons (Fsp3) is 0.471. The zero-order valence-electron chi connectivity index (χ0n) is 12.8. The van der Waals surface area contributed by atoms with Crippen LogP contribution in [0.4, 0.5) is 13.2 Å². The lowest BCUT2D eigenvalue weighted by Crippen LogP contribution is -2.41. The predicted octanol–water partition coefficient (Wildman–Crippen LogP) is 3.41. The number of nitrogens with one attached hydrogen (secondary N) is 2. The highest BCUT2D eigenvalue weighted by molar-refractivity contribution is 5.87. The molecule has 0 aliphatic heterocycles. The number of alkyl halides is 3. The molecule has 1 aromatic rings. The first-order valence-electron chi connectivity index (χ1n) is 7.71. The number of amides is 1. The zero-order chi connectivity index (χ0) is 16.9. The first-order chi connectivity index (χ1) is 10.9. The molecule has 126 valence electrons. The summed E-state index contributed by atoms with van der Waals surface area (Å²) in [5.41, 5.74) is 0.00885. The van der Waals surface area contributed by atoms with Gasteiger partial charge in [-0.3, -0.25) is 4.79 Å². The molecule has 2 N–H and O–H groups in total. The van der Waals surface area contributed by atoms with Crippen LogP contribution in [0.1, 0.15) is 36.8 Å². The lowest BCUT2D eigenvalue weighted by Gasteiger charge is -2.29. The molecule has 0 unspecified atom stereocenters. The molecule has 6 heteroatoms. The fourth-order valence-corrected chi connectivity index (χ4v) is 2.82. The van der Waals surface area contributed by atoms with Crippen molar-refractivity contribution >= 4 is 5.91 Å². The smallest absolute Gasteiger partial charge is 0.350 e. The van der Waals surface area contributed by atoms with Crippen LogP contribution in [-0.2, 0) is 17.5 Å². The van der Waals surface area contributed by atoms with Gasteiger partial charge in [-0.15, -0.1) is 0 Å². The summed E-state index contributed by atoms with van der Waals surface area (Å²) in [5.74, 6) is -0.162. The van der Waals surface area contributed by atoms with E-state index in [4.69, 9.17) is 0 Å². The fourth-order valence-electron chi connectivity index (χ4n) is 2.82. The van der Waals surface area contributed by atoms with Gasteiger partial charge in [-0.1, -0.05) is 24.8 Å². The molecule has 1 amide bonds. The Labute approximate surface area is 134 Å². The van der Waals surface area contributed by atoms with Crippen molar-refractivity contribution in [2.24, 2.45) is 0 Å². The average Bonchev–Trinajstić information content (AvgIpc) is 2.53. The maximum atomic E-state index is 12.7. The Morgan fingerprint density at radius 1 is 1.22 bits per heavy atom. The SMILES string of the molecule is C=CC(=O)NC1CCC(NCc2cccc(C(F)(F)F)c2)CC1. The van der Waals surface area contributed by atoms with Crippen LogP contribution in [0.15, 0.2) is 36.9 Å². The zero-order valence-corrected chi connectivity index (χ0v) is 12.8. The van der Waals surface area contributed by atoms with E-state index in [1.807, 2.05) is 0 Å². The molecule has 2 rings (SSSR count). The van der Waals surface area contributed by atoms with Crippen LogP contribution in [0.2, 0.25) is 0 Å². The highest BCUT2D eigenvalue weighted by Gasteiger charge is 2.30. The van der Waals surface area contributed by atoms with Crippen LogP contribution in [-0.4, -0.2) is 18.0 Å². The van der Waals surface area contributed by atoms with E-state index in [-0.39, 0.29) is 18.0 Å². The molecule has 1 aromatic carbocycles. The molecule has 1 saturated carbocycles. The van der Waals surface area contributed by atoms with Gasteiger partial charge in [0.2, 0.25) is 5.91 Å². The third-order valence-electron chi connectivity index (χ3n) is 4.11. The summed E-state index contributed by atoms with van der Waals surface area (Å²) in [6.45, 7) is 3.84. The van der Waals surface area contributed by atoms with Gasteiger partial charge < -0.3 is 10.6 Å². The molecule has 0 atom stereocenters. The van der Waals surface area contributed by atoms with Crippen molar-refractivity contribution in [1.29, 1.82) is 0 Å². The minimum atomic E-state index is -4.31. The van der Waals surface area contributed by atoms with Gasteiger partial charge in [0.15, 0.2) is 0 Å². The first kappa shape index (κ1) is 17.5. The Bertz CT molecular complexity index is 549. The first-order valence-corrected chi connectivity index (χ1v) is 7.71. The van der Waals surface area contributed by atoms with Gasteiger partial charge in [0.05, 0.1) is 5.56 Å². The Balaban J connectivity index is 1.79. The van der Waals surface area contributed by atoms with E-state index in [1.54, 1.807) is 6.07 Å². The van der Waals surface area contributed by atoms with Crippen molar-refractivity contribution < 1.29 is 18.0 Å². The third-order valence-corrected chi connectivity index (χ3v) is 4.11. The Morgan fingerprint density at radius 2 is 1.87 bits per heavy atom. The van der Waals surface area contributed by atoms with Gasteiger partial charge in [-0.25, -0.2) is 0 Å². The highest BCUT2D eigenvalue weighted by Crippen LogP contribution is 2.29. The second-order valence-electron chi connectivity index (χ2n) is 5.84. The number of carbonyl (C=O) groups excluding carboxylic acids is 1. The largest absolute Gasteiger partial charge is 0.416 e. The summed E-state index contributed by atoms with van der Waals surface area (Å²) in [6.07, 6.45) is 0.456. The minimum Gasteiger partial charge on any atom is -0.350 e. The van der Waals surface area contributed by atoms with Crippen LogP contribution in [0.5, 0.6) is 0 Å². The van der Waals surface area contributed by atoms with Crippen LogP contribution < -0.4 is 10.6 Å². The van der Waals surface area contributed by atoms with Gasteiger partial charge in [0.1, 0.15) is 0 Å². The number of hydrogen-bond acceptors (Lipinski definition) is 2. The maximum absolute atomic E-state index is 12.7. The van der Waals surface area contributed by atoms with E-state index >= 15 is 0 Å². The summed E-state index contributed by atoms with van der Waals surface area (Å²) >= 11 is 0. The van der Waals surface area contributed by atoms with Crippen LogP contribution >= 0.6 is 0 Å². The third kappa shape index (κ3) is 5.39. The van der Waals surface area contributed by atoms with Crippen molar-refractivity contribution in [2.45, 2.75) is 50.5 Å². The number of benzene rings is 1. The molecule has 23 heavy (non-hydrogen) atoms. The van der Waals surface area contributed by atoms with Crippen LogP contribution in [0.25, 0.3) is 0 Å². The number of carbonyl (C=O) groups is 1. The summed E-state index contributed by atoms with van der Waals surface area (Å²) in [5, 5.41) is 6.18. The number of halogens is 3. The second-order valence-corrected chi connectivity index (χ2v) is 5.84. The molecule has 1 aliphatic carbocycles. The molecule has 0 spiro atoms. The van der Waals surface area contributed by atoms with E-state index in [9.17, 15) is 18.0 Å². The monoisotopic (exact) mass is 326 g/mol. The summed E-state index contributed by atoms with van der Waals surface area (Å²) in [6, 6.07) is 5.81. The van der Waals surface area contributed by atoms with Crippen LogP contribution in [0, 0.1) is 0 Å². The highest BCUT2D eigenvalue weighted by atomic mass is 19.4. The van der Waals surface area contributed by atoms with Crippen molar-refractivity contribution in [1.82, 2.24) is 10.6 Å². The summed E-state index contributed by atoms with van der Waals surface area (Å²) in [4.78, 5) is 11.2. The second kappa shape index (κ2) is 7.64. The quantitative estimate of drug-likeness (QED) is 0.814. The molecule has 0 heterocycles. The topological polar surface area (TPSA) is 41.1 Å².